The third-order valence-corrected chi connectivity index (χ3v) is 2.09. The monoisotopic (exact) mass is 211 g/mol. The van der Waals surface area contributed by atoms with Gasteiger partial charge in [-0.15, -0.1) is 0 Å². The van der Waals surface area contributed by atoms with Crippen molar-refractivity contribution < 1.29 is 13.9 Å². The minimum absolute atomic E-state index is 0.183. The van der Waals surface area contributed by atoms with E-state index in [9.17, 15) is 9.18 Å². The van der Waals surface area contributed by atoms with Crippen LogP contribution >= 0.6 is 0 Å². The molecule has 0 radical (unpaired) electrons. The van der Waals surface area contributed by atoms with Crippen LogP contribution < -0.4 is 10.1 Å². The fourth-order valence-electron chi connectivity index (χ4n) is 1.37. The Morgan fingerprint density at radius 1 is 1.53 bits per heavy atom. The van der Waals surface area contributed by atoms with E-state index in [0.717, 1.165) is 0 Å². The zero-order chi connectivity index (χ0) is 11.4. The van der Waals surface area contributed by atoms with Crippen LogP contribution in [0.5, 0.6) is 5.75 Å². The van der Waals surface area contributed by atoms with Gasteiger partial charge in [0.15, 0.2) is 0 Å². The number of benzene rings is 1. The molecule has 1 amide bonds. The summed E-state index contributed by atoms with van der Waals surface area (Å²) < 4.78 is 18.4. The second-order valence-electron chi connectivity index (χ2n) is 3.31. The third-order valence-electron chi connectivity index (χ3n) is 2.09. The van der Waals surface area contributed by atoms with Crippen LogP contribution in [0.1, 0.15) is 25.5 Å². The SMILES string of the molecule is COc1ccc([C@H](C)NC(C)=O)c(F)c1. The summed E-state index contributed by atoms with van der Waals surface area (Å²) in [5, 5.41) is 2.62. The summed E-state index contributed by atoms with van der Waals surface area (Å²) in [6.07, 6.45) is 0. The Morgan fingerprint density at radius 2 is 2.20 bits per heavy atom. The van der Waals surface area contributed by atoms with E-state index in [-0.39, 0.29) is 17.8 Å². The lowest BCUT2D eigenvalue weighted by Crippen LogP contribution is -2.24. The second kappa shape index (κ2) is 4.77. The first-order valence-corrected chi connectivity index (χ1v) is 4.65. The number of rotatable bonds is 3. The van der Waals surface area contributed by atoms with Crippen molar-refractivity contribution in [2.75, 3.05) is 7.11 Å². The smallest absolute Gasteiger partial charge is 0.217 e. The van der Waals surface area contributed by atoms with E-state index in [1.807, 2.05) is 0 Å². The molecule has 0 bridgehead atoms. The zero-order valence-electron chi connectivity index (χ0n) is 9.00. The predicted molar refractivity (Wildman–Crippen MR) is 55.2 cm³/mol. The largest absolute Gasteiger partial charge is 0.497 e. The van der Waals surface area contributed by atoms with Gasteiger partial charge in [0.05, 0.1) is 13.2 Å². The van der Waals surface area contributed by atoms with Gasteiger partial charge in [0.2, 0.25) is 5.91 Å². The first kappa shape index (κ1) is 11.5. The van der Waals surface area contributed by atoms with Crippen LogP contribution in [0.3, 0.4) is 0 Å². The number of hydrogen-bond acceptors (Lipinski definition) is 2. The van der Waals surface area contributed by atoms with Crippen LogP contribution in [0.2, 0.25) is 0 Å². The van der Waals surface area contributed by atoms with E-state index in [1.54, 1.807) is 19.1 Å². The van der Waals surface area contributed by atoms with Gasteiger partial charge in [-0.2, -0.15) is 0 Å². The Labute approximate surface area is 88.2 Å². The van der Waals surface area contributed by atoms with Gasteiger partial charge in [0.25, 0.3) is 0 Å². The van der Waals surface area contributed by atoms with Gasteiger partial charge in [-0.3, -0.25) is 4.79 Å². The number of amides is 1. The number of hydrogen-bond donors (Lipinski definition) is 1. The lowest BCUT2D eigenvalue weighted by atomic mass is 10.1. The minimum Gasteiger partial charge on any atom is -0.497 e. The van der Waals surface area contributed by atoms with Crippen molar-refractivity contribution in [3.63, 3.8) is 0 Å². The molecule has 1 aromatic carbocycles. The quantitative estimate of drug-likeness (QED) is 0.830. The molecule has 1 atom stereocenters. The molecular weight excluding hydrogens is 197 g/mol. The Hall–Kier alpha value is -1.58. The summed E-state index contributed by atoms with van der Waals surface area (Å²) in [4.78, 5) is 10.8. The summed E-state index contributed by atoms with van der Waals surface area (Å²) in [6.45, 7) is 3.13. The first-order chi connectivity index (χ1) is 7.04. The molecule has 0 aromatic heterocycles. The number of ether oxygens (including phenoxy) is 1. The normalized spacial score (nSPS) is 12.0. The molecule has 0 aliphatic rings. The van der Waals surface area contributed by atoms with Crippen molar-refractivity contribution in [1.29, 1.82) is 0 Å². The van der Waals surface area contributed by atoms with Crippen LogP contribution in [-0.2, 0) is 4.79 Å². The average molecular weight is 211 g/mol. The summed E-state index contributed by atoms with van der Waals surface area (Å²) >= 11 is 0. The van der Waals surface area contributed by atoms with E-state index < -0.39 is 0 Å². The molecule has 3 nitrogen and oxygen atoms in total. The van der Waals surface area contributed by atoms with Crippen molar-refractivity contribution >= 4 is 5.91 Å². The number of methoxy groups -OCH3 is 1. The Balaban J connectivity index is 2.90. The molecule has 0 aliphatic carbocycles. The lowest BCUT2D eigenvalue weighted by molar-refractivity contribution is -0.119. The third kappa shape index (κ3) is 2.94. The maximum absolute atomic E-state index is 13.5. The van der Waals surface area contributed by atoms with Crippen LogP contribution in [0.15, 0.2) is 18.2 Å². The molecule has 0 unspecified atom stereocenters. The van der Waals surface area contributed by atoms with Crippen LogP contribution in [0, 0.1) is 5.82 Å². The summed E-state index contributed by atoms with van der Waals surface area (Å²) in [5.41, 5.74) is 0.450. The molecule has 0 saturated heterocycles. The Kier molecular flexibility index (Phi) is 3.66. The summed E-state index contributed by atoms with van der Waals surface area (Å²) in [7, 11) is 1.48. The van der Waals surface area contributed by atoms with Crippen molar-refractivity contribution in [3.8, 4) is 5.75 Å². The lowest BCUT2D eigenvalue weighted by Gasteiger charge is -2.14. The molecule has 82 valence electrons. The van der Waals surface area contributed by atoms with Crippen molar-refractivity contribution in [2.45, 2.75) is 19.9 Å². The zero-order valence-corrected chi connectivity index (χ0v) is 9.00. The van der Waals surface area contributed by atoms with Crippen LogP contribution in [0.4, 0.5) is 4.39 Å². The molecule has 4 heteroatoms. The molecule has 1 rings (SSSR count). The highest BCUT2D eigenvalue weighted by Gasteiger charge is 2.12. The maximum atomic E-state index is 13.5. The van der Waals surface area contributed by atoms with Crippen molar-refractivity contribution in [3.05, 3.63) is 29.6 Å². The first-order valence-electron chi connectivity index (χ1n) is 4.65. The van der Waals surface area contributed by atoms with Gasteiger partial charge in [0.1, 0.15) is 11.6 Å². The van der Waals surface area contributed by atoms with Gasteiger partial charge in [-0.05, 0) is 13.0 Å². The molecule has 0 heterocycles. The van der Waals surface area contributed by atoms with E-state index in [4.69, 9.17) is 4.74 Å². The van der Waals surface area contributed by atoms with E-state index in [1.165, 1.54) is 20.1 Å². The highest BCUT2D eigenvalue weighted by Crippen LogP contribution is 2.21. The predicted octanol–water partition coefficient (Wildman–Crippen LogP) is 2.03. The van der Waals surface area contributed by atoms with Gasteiger partial charge >= 0.3 is 0 Å². The fraction of sp³-hybridized carbons (Fsp3) is 0.364. The number of carbonyl (C=O) groups excluding carboxylic acids is 1. The molecule has 15 heavy (non-hydrogen) atoms. The maximum Gasteiger partial charge on any atom is 0.217 e. The second-order valence-corrected chi connectivity index (χ2v) is 3.31. The summed E-state index contributed by atoms with van der Waals surface area (Å²) in [5.74, 6) is -0.0976. The highest BCUT2D eigenvalue weighted by molar-refractivity contribution is 5.73. The highest BCUT2D eigenvalue weighted by atomic mass is 19.1. The molecule has 0 fully saturated rings. The van der Waals surface area contributed by atoms with E-state index in [0.29, 0.717) is 11.3 Å². The molecule has 0 saturated carbocycles. The number of nitrogens with one attached hydrogen (secondary N) is 1. The minimum atomic E-state index is -0.379. The van der Waals surface area contributed by atoms with Gasteiger partial charge in [-0.25, -0.2) is 4.39 Å². The standard InChI is InChI=1S/C11H14FNO2/c1-7(13-8(2)14)10-5-4-9(15-3)6-11(10)12/h4-7H,1-3H3,(H,13,14)/t7-/m0/s1. The van der Waals surface area contributed by atoms with Crippen LogP contribution in [-0.4, -0.2) is 13.0 Å². The van der Waals surface area contributed by atoms with E-state index >= 15 is 0 Å². The Morgan fingerprint density at radius 3 is 2.67 bits per heavy atom. The van der Waals surface area contributed by atoms with Crippen molar-refractivity contribution in [1.82, 2.24) is 5.32 Å². The van der Waals surface area contributed by atoms with Crippen LogP contribution in [0.25, 0.3) is 0 Å². The van der Waals surface area contributed by atoms with Gasteiger partial charge < -0.3 is 10.1 Å². The number of carbonyl (C=O) groups is 1. The molecule has 1 aromatic rings. The molecular formula is C11H14FNO2. The topological polar surface area (TPSA) is 38.3 Å². The van der Waals surface area contributed by atoms with Gasteiger partial charge in [-0.1, -0.05) is 6.07 Å². The molecule has 0 spiro atoms. The van der Waals surface area contributed by atoms with Gasteiger partial charge in [0, 0.05) is 18.6 Å². The van der Waals surface area contributed by atoms with Crippen molar-refractivity contribution in [2.24, 2.45) is 0 Å². The number of halogens is 1. The fourth-order valence-corrected chi connectivity index (χ4v) is 1.37. The molecule has 1 N–H and O–H groups in total. The Bertz CT molecular complexity index is 366. The summed E-state index contributed by atoms with van der Waals surface area (Å²) in [6, 6.07) is 4.23. The van der Waals surface area contributed by atoms with E-state index in [2.05, 4.69) is 5.32 Å². The molecule has 0 aliphatic heterocycles. The average Bonchev–Trinajstić information content (AvgIpc) is 2.16.